The van der Waals surface area contributed by atoms with Crippen molar-refractivity contribution in [3.63, 3.8) is 0 Å². The van der Waals surface area contributed by atoms with Gasteiger partial charge in [-0.1, -0.05) is 35.0 Å². The van der Waals surface area contributed by atoms with Crippen LogP contribution in [0.2, 0.25) is 0 Å². The first kappa shape index (κ1) is 23.0. The van der Waals surface area contributed by atoms with Crippen molar-refractivity contribution in [3.05, 3.63) is 75.8 Å². The topological polar surface area (TPSA) is 67.0 Å². The quantitative estimate of drug-likeness (QED) is 0.130. The smallest absolute Gasteiger partial charge is 0.343 e. The van der Waals surface area contributed by atoms with E-state index < -0.39 is 0 Å². The molecule has 2 aromatic carbocycles. The number of aryl methyl sites for hydroxylation is 1. The third-order valence-electron chi connectivity index (χ3n) is 4.78. The summed E-state index contributed by atoms with van der Waals surface area (Å²) in [5, 5.41) is 3.87. The van der Waals surface area contributed by atoms with E-state index in [2.05, 4.69) is 34.8 Å². The number of thioether (sulfide) groups is 1. The van der Waals surface area contributed by atoms with Crippen molar-refractivity contribution in [2.75, 3.05) is 12.8 Å². The molecule has 0 aliphatic rings. The maximum Gasteiger partial charge on any atom is 0.343 e. The van der Waals surface area contributed by atoms with E-state index in [1.807, 2.05) is 45.3 Å². The summed E-state index contributed by atoms with van der Waals surface area (Å²) in [7, 11) is 1.88. The number of fused-ring (bicyclic) bond motifs is 1. The normalized spacial score (nSPS) is 12.6. The molecule has 2 N–H and O–H groups in total. The monoisotopic (exact) mass is 453 g/mol. The van der Waals surface area contributed by atoms with Crippen LogP contribution in [0.5, 0.6) is 5.75 Å². The van der Waals surface area contributed by atoms with Crippen LogP contribution in [0.1, 0.15) is 36.2 Å². The van der Waals surface area contributed by atoms with Crippen molar-refractivity contribution in [2.24, 2.45) is 0 Å². The first-order chi connectivity index (χ1) is 14.9. The lowest BCUT2D eigenvalue weighted by atomic mass is 10.1. The summed E-state index contributed by atoms with van der Waals surface area (Å²) in [5.74, 6) is 1.00. The standard InChI is InChI=1S/C24H27N3O2S2/c1-15-5-7-18(8-6-15)23(28)29-19-9-10-20-21(13-19)27-24(26-20)31-12-11-16(2)22(30)17(3)14-25-4/h5-10,13-14,25,30H,11-12H2,1-4H3,(H,26,27)/b17-14-,22-16+. The average molecular weight is 454 g/mol. The molecule has 0 unspecified atom stereocenters. The molecule has 3 rings (SSSR count). The highest BCUT2D eigenvalue weighted by atomic mass is 32.2. The Balaban J connectivity index is 1.63. The molecule has 0 aliphatic carbocycles. The second-order valence-corrected chi connectivity index (χ2v) is 8.85. The fourth-order valence-electron chi connectivity index (χ4n) is 2.99. The molecule has 3 aromatic rings. The molecule has 31 heavy (non-hydrogen) atoms. The van der Waals surface area contributed by atoms with E-state index in [-0.39, 0.29) is 5.97 Å². The van der Waals surface area contributed by atoms with Crippen molar-refractivity contribution in [1.82, 2.24) is 15.3 Å². The van der Waals surface area contributed by atoms with Gasteiger partial charge in [-0.15, -0.1) is 12.6 Å². The van der Waals surface area contributed by atoms with Gasteiger partial charge in [0.15, 0.2) is 5.16 Å². The number of carbonyl (C=O) groups excluding carboxylic acids is 1. The Morgan fingerprint density at radius 2 is 1.97 bits per heavy atom. The van der Waals surface area contributed by atoms with Crippen LogP contribution in [0.3, 0.4) is 0 Å². The molecule has 0 saturated carbocycles. The van der Waals surface area contributed by atoms with Crippen molar-refractivity contribution < 1.29 is 9.53 Å². The molecule has 0 amide bonds. The number of carbonyl (C=O) groups is 1. The fourth-order valence-corrected chi connectivity index (χ4v) is 4.12. The van der Waals surface area contributed by atoms with Gasteiger partial charge in [0.05, 0.1) is 16.6 Å². The van der Waals surface area contributed by atoms with Crippen LogP contribution in [0.15, 0.2) is 69.9 Å². The minimum atomic E-state index is -0.374. The number of allylic oxidation sites excluding steroid dienone is 2. The molecule has 0 spiro atoms. The zero-order chi connectivity index (χ0) is 22.4. The maximum absolute atomic E-state index is 12.3. The van der Waals surface area contributed by atoms with Crippen molar-refractivity contribution in [3.8, 4) is 5.75 Å². The van der Waals surface area contributed by atoms with Gasteiger partial charge in [0, 0.05) is 30.0 Å². The van der Waals surface area contributed by atoms with Gasteiger partial charge in [-0.3, -0.25) is 0 Å². The Morgan fingerprint density at radius 3 is 2.68 bits per heavy atom. The third kappa shape index (κ3) is 6.18. The van der Waals surface area contributed by atoms with Gasteiger partial charge in [-0.2, -0.15) is 0 Å². The van der Waals surface area contributed by atoms with Crippen LogP contribution in [-0.2, 0) is 0 Å². The molecule has 5 nitrogen and oxygen atoms in total. The second-order valence-electron chi connectivity index (χ2n) is 7.32. The largest absolute Gasteiger partial charge is 0.423 e. The number of thiol groups is 1. The van der Waals surface area contributed by atoms with Crippen LogP contribution in [0.25, 0.3) is 11.0 Å². The molecule has 0 aliphatic heterocycles. The number of nitrogens with one attached hydrogen (secondary N) is 2. The van der Waals surface area contributed by atoms with E-state index in [0.29, 0.717) is 11.3 Å². The number of rotatable bonds is 8. The number of ether oxygens (including phenoxy) is 1. The van der Waals surface area contributed by atoms with Gasteiger partial charge < -0.3 is 15.0 Å². The number of benzene rings is 2. The predicted molar refractivity (Wildman–Crippen MR) is 132 cm³/mol. The number of hydrogen-bond donors (Lipinski definition) is 3. The van der Waals surface area contributed by atoms with Gasteiger partial charge in [-0.05, 0) is 57.0 Å². The van der Waals surface area contributed by atoms with Gasteiger partial charge in [-0.25, -0.2) is 9.78 Å². The lowest BCUT2D eigenvalue weighted by molar-refractivity contribution is 0.0735. The van der Waals surface area contributed by atoms with Gasteiger partial charge in [0.2, 0.25) is 0 Å². The van der Waals surface area contributed by atoms with Crippen molar-refractivity contribution in [2.45, 2.75) is 32.3 Å². The van der Waals surface area contributed by atoms with E-state index in [0.717, 1.165) is 44.4 Å². The van der Waals surface area contributed by atoms with E-state index in [1.54, 1.807) is 36.0 Å². The molecule has 1 heterocycles. The minimum absolute atomic E-state index is 0.374. The van der Waals surface area contributed by atoms with Gasteiger partial charge in [0.25, 0.3) is 0 Å². The Hall–Kier alpha value is -2.64. The predicted octanol–water partition coefficient (Wildman–Crippen LogP) is 5.90. The summed E-state index contributed by atoms with van der Waals surface area (Å²) in [6, 6.07) is 12.8. The molecular weight excluding hydrogens is 426 g/mol. The van der Waals surface area contributed by atoms with Crippen molar-refractivity contribution >= 4 is 41.4 Å². The molecule has 162 valence electrons. The number of nitrogens with zero attached hydrogens (tertiary/aromatic N) is 1. The summed E-state index contributed by atoms with van der Waals surface area (Å²) in [6.07, 6.45) is 2.86. The Labute approximate surface area is 192 Å². The first-order valence-electron chi connectivity index (χ1n) is 10.0. The highest BCUT2D eigenvalue weighted by Gasteiger charge is 2.11. The number of aromatic nitrogens is 2. The van der Waals surface area contributed by atoms with Crippen molar-refractivity contribution in [1.29, 1.82) is 0 Å². The van der Waals surface area contributed by atoms with E-state index in [1.165, 1.54) is 5.57 Å². The molecule has 1 aromatic heterocycles. The molecule has 0 atom stereocenters. The van der Waals surface area contributed by atoms with Crippen LogP contribution < -0.4 is 10.1 Å². The van der Waals surface area contributed by atoms with Crippen LogP contribution in [-0.4, -0.2) is 28.7 Å². The molecule has 7 heteroatoms. The summed E-state index contributed by atoms with van der Waals surface area (Å²) >= 11 is 6.28. The third-order valence-corrected chi connectivity index (χ3v) is 6.39. The second kappa shape index (κ2) is 10.6. The summed E-state index contributed by atoms with van der Waals surface area (Å²) in [4.78, 5) is 21.3. The Kier molecular flexibility index (Phi) is 7.87. The number of imidazole rings is 1. The zero-order valence-corrected chi connectivity index (χ0v) is 19.9. The van der Waals surface area contributed by atoms with E-state index >= 15 is 0 Å². The van der Waals surface area contributed by atoms with Crippen LogP contribution in [0, 0.1) is 6.92 Å². The first-order valence-corrected chi connectivity index (χ1v) is 11.4. The van der Waals surface area contributed by atoms with Crippen LogP contribution >= 0.6 is 24.4 Å². The highest BCUT2D eigenvalue weighted by molar-refractivity contribution is 7.99. The number of H-pyrrole nitrogens is 1. The summed E-state index contributed by atoms with van der Waals surface area (Å²) < 4.78 is 5.52. The molecular formula is C24H27N3O2S2. The van der Waals surface area contributed by atoms with E-state index in [9.17, 15) is 4.79 Å². The van der Waals surface area contributed by atoms with E-state index in [4.69, 9.17) is 4.74 Å². The summed E-state index contributed by atoms with van der Waals surface area (Å²) in [5.41, 5.74) is 5.66. The number of hydrogen-bond acceptors (Lipinski definition) is 6. The Bertz CT molecular complexity index is 1130. The zero-order valence-electron chi connectivity index (χ0n) is 18.2. The minimum Gasteiger partial charge on any atom is -0.423 e. The SMILES string of the molecule is CN/C=C(C)\C(S)=C(\C)CCSc1nc2ccc(OC(=O)c3ccc(C)cc3)cc2[nH]1. The fraction of sp³-hybridized carbons (Fsp3) is 0.250. The lowest BCUT2D eigenvalue weighted by Crippen LogP contribution is -2.08. The van der Waals surface area contributed by atoms with Crippen LogP contribution in [0.4, 0.5) is 0 Å². The van der Waals surface area contributed by atoms with Gasteiger partial charge >= 0.3 is 5.97 Å². The molecule has 0 bridgehead atoms. The average Bonchev–Trinajstić information content (AvgIpc) is 3.15. The highest BCUT2D eigenvalue weighted by Crippen LogP contribution is 2.26. The molecule has 0 fully saturated rings. The Morgan fingerprint density at radius 1 is 1.23 bits per heavy atom. The number of aromatic amines is 1. The maximum atomic E-state index is 12.3. The number of esters is 1. The molecule has 0 radical (unpaired) electrons. The lowest BCUT2D eigenvalue weighted by Gasteiger charge is -2.07. The van der Waals surface area contributed by atoms with Gasteiger partial charge in [0.1, 0.15) is 5.75 Å². The molecule has 0 saturated heterocycles. The summed E-state index contributed by atoms with van der Waals surface area (Å²) in [6.45, 7) is 6.12.